The number of anilines is 4. The van der Waals surface area contributed by atoms with E-state index < -0.39 is 53.7 Å². The largest absolute Gasteiger partial charge is 0.481 e. The van der Waals surface area contributed by atoms with E-state index in [1.165, 1.54) is 58.5 Å². The number of piperidine rings is 1. The lowest BCUT2D eigenvalue weighted by Crippen LogP contribution is -2.47. The van der Waals surface area contributed by atoms with Crippen LogP contribution < -0.4 is 20.0 Å². The molecule has 52 heavy (non-hydrogen) atoms. The smallest absolute Gasteiger partial charge is 0.418 e. The molecule has 4 aromatic rings. The SMILES string of the molecule is O=C(O)C1CCN(c2cccc(C(F)(F)F)c2CNc2cc(C(F)(F)F)c(N3CCN(c4cccc(C(F)(F)F)c4)CC3)cc2-n2ccnc2)CC1. The number of aromatic nitrogens is 2. The van der Waals surface area contributed by atoms with Crippen LogP contribution in [-0.4, -0.2) is 59.9 Å². The summed E-state index contributed by atoms with van der Waals surface area (Å²) < 4.78 is 129. The molecule has 2 aliphatic rings. The predicted octanol–water partition coefficient (Wildman–Crippen LogP) is 8.17. The van der Waals surface area contributed by atoms with E-state index in [-0.39, 0.29) is 86.1 Å². The zero-order valence-electron chi connectivity index (χ0n) is 27.4. The van der Waals surface area contributed by atoms with Gasteiger partial charge in [0, 0.05) is 75.1 Å². The quantitative estimate of drug-likeness (QED) is 0.177. The zero-order chi connectivity index (χ0) is 37.4. The minimum Gasteiger partial charge on any atom is -0.481 e. The number of piperazine rings is 1. The third-order valence-corrected chi connectivity index (χ3v) is 9.46. The zero-order valence-corrected chi connectivity index (χ0v) is 27.4. The van der Waals surface area contributed by atoms with Gasteiger partial charge in [0.05, 0.1) is 46.0 Å². The number of hydrogen-bond acceptors (Lipinski definition) is 6. The second-order valence-electron chi connectivity index (χ2n) is 12.6. The number of carbonyl (C=O) groups is 1. The van der Waals surface area contributed by atoms with E-state index in [0.29, 0.717) is 0 Å². The molecule has 3 heterocycles. The monoisotopic (exact) mass is 740 g/mol. The van der Waals surface area contributed by atoms with Gasteiger partial charge in [-0.2, -0.15) is 39.5 Å². The lowest BCUT2D eigenvalue weighted by Gasteiger charge is -2.39. The summed E-state index contributed by atoms with van der Waals surface area (Å²) in [6.45, 7) is 0.170. The van der Waals surface area contributed by atoms with E-state index in [2.05, 4.69) is 10.3 Å². The molecule has 2 aliphatic heterocycles. The Bertz CT molecular complexity index is 1880. The number of carboxylic acid groups (broad SMARTS) is 1. The van der Waals surface area contributed by atoms with Gasteiger partial charge in [0.2, 0.25) is 0 Å². The number of nitrogens with one attached hydrogen (secondary N) is 1. The summed E-state index contributed by atoms with van der Waals surface area (Å²) in [4.78, 5) is 20.3. The third kappa shape index (κ3) is 7.87. The highest BCUT2D eigenvalue weighted by molar-refractivity contribution is 5.74. The van der Waals surface area contributed by atoms with Crippen molar-refractivity contribution in [3.63, 3.8) is 0 Å². The van der Waals surface area contributed by atoms with Crippen LogP contribution in [0.15, 0.2) is 73.3 Å². The van der Waals surface area contributed by atoms with E-state index in [1.54, 1.807) is 9.80 Å². The Kier molecular flexibility index (Phi) is 9.98. The highest BCUT2D eigenvalue weighted by Crippen LogP contribution is 2.43. The first-order valence-electron chi connectivity index (χ1n) is 16.3. The highest BCUT2D eigenvalue weighted by Gasteiger charge is 2.39. The summed E-state index contributed by atoms with van der Waals surface area (Å²) in [5.41, 5.74) is -2.74. The van der Waals surface area contributed by atoms with Crippen molar-refractivity contribution >= 4 is 28.7 Å². The minimum absolute atomic E-state index is 0.0381. The van der Waals surface area contributed by atoms with Gasteiger partial charge in [-0.3, -0.25) is 4.79 Å². The summed E-state index contributed by atoms with van der Waals surface area (Å²) in [7, 11) is 0. The van der Waals surface area contributed by atoms with Crippen molar-refractivity contribution in [3.8, 4) is 5.69 Å². The van der Waals surface area contributed by atoms with Gasteiger partial charge in [0.25, 0.3) is 0 Å². The van der Waals surface area contributed by atoms with E-state index in [4.69, 9.17) is 0 Å². The molecule has 3 aromatic carbocycles. The first-order chi connectivity index (χ1) is 24.5. The van der Waals surface area contributed by atoms with Crippen molar-refractivity contribution in [2.24, 2.45) is 5.92 Å². The molecule has 1 aromatic heterocycles. The molecule has 8 nitrogen and oxygen atoms in total. The summed E-state index contributed by atoms with van der Waals surface area (Å²) in [5, 5.41) is 12.2. The lowest BCUT2D eigenvalue weighted by atomic mass is 9.95. The van der Waals surface area contributed by atoms with Gasteiger partial charge in [-0.1, -0.05) is 12.1 Å². The molecule has 0 amide bonds. The van der Waals surface area contributed by atoms with Crippen LogP contribution in [0.5, 0.6) is 0 Å². The van der Waals surface area contributed by atoms with Crippen molar-refractivity contribution < 1.29 is 49.4 Å². The Morgan fingerprint density at radius 3 is 1.96 bits per heavy atom. The van der Waals surface area contributed by atoms with Crippen molar-refractivity contribution in [3.05, 3.63) is 95.6 Å². The maximum absolute atomic E-state index is 14.7. The number of rotatable bonds is 8. The summed E-state index contributed by atoms with van der Waals surface area (Å²) in [6.07, 6.45) is -9.60. The second-order valence-corrected chi connectivity index (χ2v) is 12.6. The van der Waals surface area contributed by atoms with Crippen LogP contribution >= 0.6 is 0 Å². The summed E-state index contributed by atoms with van der Waals surface area (Å²) in [6, 6.07) is 10.4. The molecule has 0 bridgehead atoms. The summed E-state index contributed by atoms with van der Waals surface area (Å²) >= 11 is 0. The van der Waals surface area contributed by atoms with Gasteiger partial charge in [-0.15, -0.1) is 0 Å². The van der Waals surface area contributed by atoms with Crippen LogP contribution in [-0.2, 0) is 29.9 Å². The van der Waals surface area contributed by atoms with Crippen LogP contribution in [0.2, 0.25) is 0 Å². The molecule has 278 valence electrons. The van der Waals surface area contributed by atoms with Gasteiger partial charge in [0.15, 0.2) is 0 Å². The molecular formula is C35H33F9N6O2. The molecular weight excluding hydrogens is 707 g/mol. The van der Waals surface area contributed by atoms with Gasteiger partial charge >= 0.3 is 24.5 Å². The molecule has 2 N–H and O–H groups in total. The van der Waals surface area contributed by atoms with Gasteiger partial charge in [-0.25, -0.2) is 4.98 Å². The normalized spacial score (nSPS) is 16.4. The summed E-state index contributed by atoms with van der Waals surface area (Å²) in [5.74, 6) is -1.62. The van der Waals surface area contributed by atoms with Crippen LogP contribution in [0.1, 0.15) is 35.1 Å². The third-order valence-electron chi connectivity index (χ3n) is 9.46. The van der Waals surface area contributed by atoms with Crippen molar-refractivity contribution in [1.82, 2.24) is 9.55 Å². The Hall–Kier alpha value is -5.09. The van der Waals surface area contributed by atoms with Crippen molar-refractivity contribution in [2.45, 2.75) is 37.9 Å². The number of nitrogens with zero attached hydrogens (tertiary/aromatic N) is 5. The van der Waals surface area contributed by atoms with Gasteiger partial charge < -0.3 is 29.7 Å². The van der Waals surface area contributed by atoms with Crippen LogP contribution in [0.25, 0.3) is 5.69 Å². The minimum atomic E-state index is -4.89. The standard InChI is InChI=1S/C35H33F9N6O2/c36-33(37,38)23-3-1-4-24(17-23)47-13-15-49(16-14-47)30-19-31(50-12-9-45-21-50)28(18-27(30)35(42,43)44)46-20-25-26(34(39,40)41)5-2-6-29(25)48-10-7-22(8-11-48)32(51)52/h1-6,9,12,17-19,21-22,46H,7-8,10-11,13-16,20H2,(H,51,52). The Balaban J connectivity index is 1.33. The Labute approximate surface area is 292 Å². The number of aliphatic carboxylic acids is 1. The molecule has 0 radical (unpaired) electrons. The second kappa shape index (κ2) is 14.1. The maximum Gasteiger partial charge on any atom is 0.418 e. The van der Waals surface area contributed by atoms with E-state index in [0.717, 1.165) is 24.3 Å². The molecule has 0 saturated carbocycles. The molecule has 0 aliphatic carbocycles. The first kappa shape index (κ1) is 36.7. The fraction of sp³-hybridized carbons (Fsp3) is 0.371. The molecule has 6 rings (SSSR count). The van der Waals surface area contributed by atoms with Gasteiger partial charge in [-0.05, 0) is 55.3 Å². The number of carboxylic acids is 1. The fourth-order valence-corrected chi connectivity index (χ4v) is 6.78. The number of halogens is 9. The molecule has 2 saturated heterocycles. The first-order valence-corrected chi connectivity index (χ1v) is 16.3. The number of hydrogen-bond donors (Lipinski definition) is 2. The van der Waals surface area contributed by atoms with E-state index >= 15 is 0 Å². The molecule has 0 atom stereocenters. The predicted molar refractivity (Wildman–Crippen MR) is 176 cm³/mol. The molecule has 0 unspecified atom stereocenters. The number of alkyl halides is 9. The number of imidazole rings is 1. The van der Waals surface area contributed by atoms with Crippen LogP contribution in [0, 0.1) is 5.92 Å². The Morgan fingerprint density at radius 1 is 0.731 bits per heavy atom. The van der Waals surface area contributed by atoms with Gasteiger partial charge in [0.1, 0.15) is 0 Å². The lowest BCUT2D eigenvalue weighted by molar-refractivity contribution is -0.142. The highest BCUT2D eigenvalue weighted by atomic mass is 19.4. The average molecular weight is 741 g/mol. The molecule has 17 heteroatoms. The van der Waals surface area contributed by atoms with E-state index in [1.807, 2.05) is 0 Å². The topological polar surface area (TPSA) is 76.9 Å². The number of benzene rings is 3. The average Bonchev–Trinajstić information content (AvgIpc) is 3.64. The van der Waals surface area contributed by atoms with Crippen LogP contribution in [0.3, 0.4) is 0 Å². The van der Waals surface area contributed by atoms with E-state index in [9.17, 15) is 49.4 Å². The van der Waals surface area contributed by atoms with Crippen molar-refractivity contribution in [1.29, 1.82) is 0 Å². The fourth-order valence-electron chi connectivity index (χ4n) is 6.78. The molecule has 0 spiro atoms. The maximum atomic E-state index is 14.7. The Morgan fingerprint density at radius 2 is 1.37 bits per heavy atom. The van der Waals surface area contributed by atoms with Crippen LogP contribution in [0.4, 0.5) is 62.3 Å². The van der Waals surface area contributed by atoms with Crippen molar-refractivity contribution in [2.75, 3.05) is 59.3 Å². The molecule has 2 fully saturated rings.